The van der Waals surface area contributed by atoms with Crippen molar-refractivity contribution >= 4 is 17.5 Å². The number of rotatable bonds is 8. The number of nitrogens with zero attached hydrogens (tertiary/aromatic N) is 2. The van der Waals surface area contributed by atoms with Crippen LogP contribution in [0.4, 0.5) is 5.69 Å². The van der Waals surface area contributed by atoms with Gasteiger partial charge in [0.1, 0.15) is 5.75 Å². The average Bonchev–Trinajstić information content (AvgIpc) is 2.64. The number of nitrogens with one attached hydrogen (secondary N) is 1. The maximum atomic E-state index is 12.3. The number of piperazine rings is 1. The Bertz CT molecular complexity index is 569. The summed E-state index contributed by atoms with van der Waals surface area (Å²) in [5, 5.41) is 2.78. The Labute approximate surface area is 150 Å². The number of ether oxygens (including phenoxy) is 1. The largest absolute Gasteiger partial charge is 0.495 e. The molecule has 1 fully saturated rings. The maximum absolute atomic E-state index is 12.3. The van der Waals surface area contributed by atoms with Gasteiger partial charge in [-0.25, -0.2) is 0 Å². The van der Waals surface area contributed by atoms with Crippen LogP contribution in [0.2, 0.25) is 0 Å². The average molecular weight is 347 g/mol. The lowest BCUT2D eigenvalue weighted by molar-refractivity contribution is -0.131. The normalized spacial score (nSPS) is 14.3. The smallest absolute Gasteiger partial charge is 0.222 e. The molecule has 0 aliphatic carbocycles. The van der Waals surface area contributed by atoms with Crippen LogP contribution in [0, 0.1) is 0 Å². The van der Waals surface area contributed by atoms with E-state index in [4.69, 9.17) is 4.74 Å². The summed E-state index contributed by atoms with van der Waals surface area (Å²) in [6.45, 7) is 5.38. The van der Waals surface area contributed by atoms with E-state index < -0.39 is 0 Å². The predicted octanol–water partition coefficient (Wildman–Crippen LogP) is 2.04. The van der Waals surface area contributed by atoms with E-state index in [2.05, 4.69) is 16.3 Å². The fourth-order valence-corrected chi connectivity index (χ4v) is 3.09. The summed E-state index contributed by atoms with van der Waals surface area (Å²) in [6, 6.07) is 8.00. The Morgan fingerprint density at radius 3 is 2.48 bits per heavy atom. The van der Waals surface area contributed by atoms with Crippen LogP contribution in [-0.4, -0.2) is 56.5 Å². The van der Waals surface area contributed by atoms with Crippen LogP contribution < -0.4 is 15.0 Å². The van der Waals surface area contributed by atoms with Gasteiger partial charge in [-0.15, -0.1) is 0 Å². The van der Waals surface area contributed by atoms with E-state index in [9.17, 15) is 9.59 Å². The molecule has 1 heterocycles. The lowest BCUT2D eigenvalue weighted by Crippen LogP contribution is -2.48. The molecule has 0 aromatic heterocycles. The minimum absolute atomic E-state index is 0.00370. The fraction of sp³-hybridized carbons (Fsp3) is 0.579. The molecule has 0 unspecified atom stereocenters. The molecule has 0 spiro atoms. The maximum Gasteiger partial charge on any atom is 0.222 e. The quantitative estimate of drug-likeness (QED) is 0.731. The Balaban J connectivity index is 1.69. The number of methoxy groups -OCH3 is 1. The van der Waals surface area contributed by atoms with Crippen LogP contribution >= 0.6 is 0 Å². The molecule has 1 aliphatic heterocycles. The lowest BCUT2D eigenvalue weighted by Gasteiger charge is -2.36. The molecule has 0 atom stereocenters. The molecule has 0 saturated carbocycles. The number of carbonyl (C=O) groups excluding carboxylic acids is 2. The third-order valence-corrected chi connectivity index (χ3v) is 4.50. The van der Waals surface area contributed by atoms with Crippen molar-refractivity contribution in [2.45, 2.75) is 32.6 Å². The van der Waals surface area contributed by atoms with Gasteiger partial charge in [-0.2, -0.15) is 0 Å². The first kappa shape index (κ1) is 19.1. The van der Waals surface area contributed by atoms with Crippen molar-refractivity contribution in [3.63, 3.8) is 0 Å². The Kier molecular flexibility index (Phi) is 7.57. The molecular formula is C19H29N3O3. The predicted molar refractivity (Wildman–Crippen MR) is 98.9 cm³/mol. The van der Waals surface area contributed by atoms with Crippen molar-refractivity contribution in [1.29, 1.82) is 0 Å². The Morgan fingerprint density at radius 2 is 1.80 bits per heavy atom. The van der Waals surface area contributed by atoms with E-state index in [0.717, 1.165) is 56.9 Å². The second-order valence-corrected chi connectivity index (χ2v) is 6.33. The second kappa shape index (κ2) is 9.91. The first-order valence-electron chi connectivity index (χ1n) is 9.02. The molecule has 6 nitrogen and oxygen atoms in total. The number of carbonyl (C=O) groups is 2. The van der Waals surface area contributed by atoms with Crippen molar-refractivity contribution in [2.75, 3.05) is 44.7 Å². The highest BCUT2D eigenvalue weighted by atomic mass is 16.5. The summed E-state index contributed by atoms with van der Waals surface area (Å²) in [5.74, 6) is 1.12. The second-order valence-electron chi connectivity index (χ2n) is 6.33. The van der Waals surface area contributed by atoms with Gasteiger partial charge in [0.15, 0.2) is 0 Å². The highest BCUT2D eigenvalue weighted by molar-refractivity contribution is 5.76. The van der Waals surface area contributed by atoms with Crippen LogP contribution in [0.25, 0.3) is 0 Å². The molecule has 1 aromatic rings. The number of benzene rings is 1. The van der Waals surface area contributed by atoms with Gasteiger partial charge in [0, 0.05) is 46.1 Å². The fourth-order valence-electron chi connectivity index (χ4n) is 3.09. The molecule has 6 heteroatoms. The summed E-state index contributed by atoms with van der Waals surface area (Å²) in [5.41, 5.74) is 1.09. The minimum atomic E-state index is 0.00370. The van der Waals surface area contributed by atoms with Gasteiger partial charge in [-0.05, 0) is 25.0 Å². The summed E-state index contributed by atoms with van der Waals surface area (Å²) in [4.78, 5) is 27.3. The summed E-state index contributed by atoms with van der Waals surface area (Å²) >= 11 is 0. The Hall–Kier alpha value is -2.24. The third-order valence-electron chi connectivity index (χ3n) is 4.50. The molecule has 0 radical (unpaired) electrons. The molecule has 1 aliphatic rings. The molecule has 0 bridgehead atoms. The van der Waals surface area contributed by atoms with Gasteiger partial charge in [-0.3, -0.25) is 9.59 Å². The van der Waals surface area contributed by atoms with Crippen molar-refractivity contribution in [3.8, 4) is 5.75 Å². The molecule has 1 saturated heterocycles. The van der Waals surface area contributed by atoms with Crippen LogP contribution in [-0.2, 0) is 9.59 Å². The van der Waals surface area contributed by atoms with Gasteiger partial charge in [0.25, 0.3) is 0 Å². The molecule has 2 rings (SSSR count). The van der Waals surface area contributed by atoms with Crippen LogP contribution in [0.1, 0.15) is 32.6 Å². The topological polar surface area (TPSA) is 61.9 Å². The minimum Gasteiger partial charge on any atom is -0.495 e. The molecular weight excluding hydrogens is 318 g/mol. The van der Waals surface area contributed by atoms with E-state index in [1.807, 2.05) is 23.1 Å². The number of hydrogen-bond acceptors (Lipinski definition) is 4. The van der Waals surface area contributed by atoms with Gasteiger partial charge in [-0.1, -0.05) is 18.6 Å². The van der Waals surface area contributed by atoms with Crippen LogP contribution in [0.5, 0.6) is 5.75 Å². The van der Waals surface area contributed by atoms with E-state index in [1.54, 1.807) is 7.11 Å². The number of para-hydroxylation sites is 2. The molecule has 1 N–H and O–H groups in total. The zero-order valence-corrected chi connectivity index (χ0v) is 15.3. The molecule has 2 amide bonds. The highest BCUT2D eigenvalue weighted by Gasteiger charge is 2.22. The number of hydrogen-bond donors (Lipinski definition) is 1. The number of amides is 2. The monoisotopic (exact) mass is 347 g/mol. The molecule has 25 heavy (non-hydrogen) atoms. The molecule has 1 aromatic carbocycles. The first-order chi connectivity index (χ1) is 12.1. The third kappa shape index (κ3) is 5.96. The summed E-state index contributed by atoms with van der Waals surface area (Å²) in [6.07, 6.45) is 3.36. The highest BCUT2D eigenvalue weighted by Crippen LogP contribution is 2.28. The molecule has 138 valence electrons. The van der Waals surface area contributed by atoms with E-state index in [0.29, 0.717) is 13.0 Å². The Morgan fingerprint density at radius 1 is 1.08 bits per heavy atom. The van der Waals surface area contributed by atoms with Gasteiger partial charge in [0.2, 0.25) is 11.8 Å². The first-order valence-corrected chi connectivity index (χ1v) is 9.02. The zero-order valence-electron chi connectivity index (χ0n) is 15.3. The van der Waals surface area contributed by atoms with E-state index in [-0.39, 0.29) is 11.8 Å². The number of unbranched alkanes of at least 4 members (excludes halogenated alkanes) is 2. The van der Waals surface area contributed by atoms with Gasteiger partial charge < -0.3 is 19.9 Å². The van der Waals surface area contributed by atoms with Crippen LogP contribution in [0.15, 0.2) is 24.3 Å². The van der Waals surface area contributed by atoms with Crippen LogP contribution in [0.3, 0.4) is 0 Å². The van der Waals surface area contributed by atoms with Crippen molar-refractivity contribution in [3.05, 3.63) is 24.3 Å². The van der Waals surface area contributed by atoms with Crippen molar-refractivity contribution < 1.29 is 14.3 Å². The summed E-state index contributed by atoms with van der Waals surface area (Å²) < 4.78 is 5.42. The zero-order chi connectivity index (χ0) is 18.1. The van der Waals surface area contributed by atoms with E-state index in [1.165, 1.54) is 6.92 Å². The van der Waals surface area contributed by atoms with Crippen molar-refractivity contribution in [1.82, 2.24) is 10.2 Å². The van der Waals surface area contributed by atoms with E-state index >= 15 is 0 Å². The lowest BCUT2D eigenvalue weighted by atomic mass is 10.1. The van der Waals surface area contributed by atoms with Gasteiger partial charge >= 0.3 is 0 Å². The van der Waals surface area contributed by atoms with Gasteiger partial charge in [0.05, 0.1) is 12.8 Å². The van der Waals surface area contributed by atoms with Crippen molar-refractivity contribution in [2.24, 2.45) is 0 Å². The summed E-state index contributed by atoms with van der Waals surface area (Å²) in [7, 11) is 1.69. The standard InChI is InChI=1S/C19H29N3O3/c1-16(23)20-11-7-3-4-10-19(24)22-14-12-21(13-15-22)17-8-5-6-9-18(17)25-2/h5-6,8-9H,3-4,7,10-15H2,1-2H3,(H,20,23). The SMILES string of the molecule is COc1ccccc1N1CCN(C(=O)CCCCCNC(C)=O)CC1. The number of anilines is 1.